The van der Waals surface area contributed by atoms with Crippen LogP contribution in [0.5, 0.6) is 0 Å². The van der Waals surface area contributed by atoms with Crippen molar-refractivity contribution < 1.29 is 33.4 Å². The van der Waals surface area contributed by atoms with Crippen molar-refractivity contribution in [1.29, 1.82) is 0 Å². The molecule has 0 bridgehead atoms. The van der Waals surface area contributed by atoms with E-state index in [4.69, 9.17) is 14.2 Å². The topological polar surface area (TPSA) is 108 Å². The second kappa shape index (κ2) is 12.1. The summed E-state index contributed by atoms with van der Waals surface area (Å²) in [5, 5.41) is 2.51. The SMILES string of the molecule is C=C(C)C(=O)OCCNC(=O)CCC(=O)OCCOC(=O)C(C)(C)CC. The van der Waals surface area contributed by atoms with E-state index in [-0.39, 0.29) is 56.7 Å². The predicted molar refractivity (Wildman–Crippen MR) is 94.0 cm³/mol. The summed E-state index contributed by atoms with van der Waals surface area (Å²) in [5.41, 5.74) is -0.288. The summed E-state index contributed by atoms with van der Waals surface area (Å²) in [7, 11) is 0. The van der Waals surface area contributed by atoms with Gasteiger partial charge in [-0.25, -0.2) is 4.79 Å². The van der Waals surface area contributed by atoms with E-state index in [1.54, 1.807) is 13.8 Å². The van der Waals surface area contributed by atoms with Gasteiger partial charge in [-0.05, 0) is 27.2 Å². The fraction of sp³-hybridized carbons (Fsp3) is 0.667. The Kier molecular flexibility index (Phi) is 10.9. The minimum absolute atomic E-state index is 0.0196. The van der Waals surface area contributed by atoms with Crippen molar-refractivity contribution in [3.8, 4) is 0 Å². The van der Waals surface area contributed by atoms with Crippen molar-refractivity contribution in [3.05, 3.63) is 12.2 Å². The molecule has 26 heavy (non-hydrogen) atoms. The highest BCUT2D eigenvalue weighted by atomic mass is 16.6. The Balaban J connectivity index is 3.76. The molecule has 0 radical (unpaired) electrons. The van der Waals surface area contributed by atoms with Crippen LogP contribution in [0.15, 0.2) is 12.2 Å². The number of carbonyl (C=O) groups excluding carboxylic acids is 4. The number of rotatable bonds is 12. The Morgan fingerprint density at radius 1 is 0.962 bits per heavy atom. The van der Waals surface area contributed by atoms with Gasteiger partial charge in [-0.1, -0.05) is 13.5 Å². The van der Waals surface area contributed by atoms with Gasteiger partial charge in [0, 0.05) is 12.0 Å². The van der Waals surface area contributed by atoms with E-state index in [2.05, 4.69) is 11.9 Å². The largest absolute Gasteiger partial charge is 0.462 e. The summed E-state index contributed by atoms with van der Waals surface area (Å²) in [6.07, 6.45) is 0.509. The number of ether oxygens (including phenoxy) is 3. The van der Waals surface area contributed by atoms with Crippen LogP contribution < -0.4 is 5.32 Å². The van der Waals surface area contributed by atoms with E-state index >= 15 is 0 Å². The van der Waals surface area contributed by atoms with Crippen LogP contribution in [0.1, 0.15) is 47.0 Å². The summed E-state index contributed by atoms with van der Waals surface area (Å²) in [6.45, 7) is 10.5. The first-order chi connectivity index (χ1) is 12.1. The molecule has 0 heterocycles. The fourth-order valence-corrected chi connectivity index (χ4v) is 1.46. The smallest absolute Gasteiger partial charge is 0.333 e. The molecule has 1 amide bonds. The van der Waals surface area contributed by atoms with Crippen LogP contribution in [0, 0.1) is 5.41 Å². The second-order valence-corrected chi connectivity index (χ2v) is 6.36. The molecule has 0 aliphatic heterocycles. The van der Waals surface area contributed by atoms with Gasteiger partial charge in [-0.3, -0.25) is 14.4 Å². The van der Waals surface area contributed by atoms with Crippen LogP contribution in [0.3, 0.4) is 0 Å². The highest BCUT2D eigenvalue weighted by Gasteiger charge is 2.26. The standard InChI is InChI=1S/C18H29NO7/c1-6-18(4,5)17(23)26-12-11-24-15(21)8-7-14(20)19-9-10-25-16(22)13(2)3/h2,6-12H2,1,3-5H3,(H,19,20). The Bertz CT molecular complexity index is 526. The molecule has 0 aliphatic rings. The third-order valence-corrected chi connectivity index (χ3v) is 3.58. The molecule has 1 N–H and O–H groups in total. The van der Waals surface area contributed by atoms with E-state index in [9.17, 15) is 19.2 Å². The van der Waals surface area contributed by atoms with Crippen LogP contribution in [-0.2, 0) is 33.4 Å². The van der Waals surface area contributed by atoms with Crippen molar-refractivity contribution in [2.45, 2.75) is 47.0 Å². The van der Waals surface area contributed by atoms with Crippen LogP contribution in [0.25, 0.3) is 0 Å². The lowest BCUT2D eigenvalue weighted by Crippen LogP contribution is -2.29. The van der Waals surface area contributed by atoms with Gasteiger partial charge in [0.15, 0.2) is 0 Å². The van der Waals surface area contributed by atoms with Gasteiger partial charge in [-0.2, -0.15) is 0 Å². The lowest BCUT2D eigenvalue weighted by molar-refractivity contribution is -0.159. The maximum atomic E-state index is 11.7. The average molecular weight is 371 g/mol. The average Bonchev–Trinajstić information content (AvgIpc) is 2.59. The summed E-state index contributed by atoms with van der Waals surface area (Å²) in [6, 6.07) is 0. The Hall–Kier alpha value is -2.38. The minimum Gasteiger partial charge on any atom is -0.462 e. The maximum absolute atomic E-state index is 11.7. The highest BCUT2D eigenvalue weighted by Crippen LogP contribution is 2.21. The molecular formula is C18H29NO7. The number of nitrogens with one attached hydrogen (secondary N) is 1. The van der Waals surface area contributed by atoms with E-state index in [1.807, 2.05) is 6.92 Å². The number of hydrogen-bond donors (Lipinski definition) is 1. The first-order valence-electron chi connectivity index (χ1n) is 8.52. The van der Waals surface area contributed by atoms with E-state index in [0.717, 1.165) is 0 Å². The summed E-state index contributed by atoms with van der Waals surface area (Å²) in [4.78, 5) is 45.9. The monoisotopic (exact) mass is 371 g/mol. The Morgan fingerprint density at radius 3 is 2.15 bits per heavy atom. The van der Waals surface area contributed by atoms with Crippen molar-refractivity contribution in [1.82, 2.24) is 5.32 Å². The molecule has 0 aromatic rings. The Morgan fingerprint density at radius 2 is 1.58 bits per heavy atom. The second-order valence-electron chi connectivity index (χ2n) is 6.36. The molecule has 0 saturated carbocycles. The zero-order valence-corrected chi connectivity index (χ0v) is 16.0. The quantitative estimate of drug-likeness (QED) is 0.240. The third kappa shape index (κ3) is 10.5. The van der Waals surface area contributed by atoms with E-state index < -0.39 is 17.4 Å². The molecule has 0 atom stereocenters. The van der Waals surface area contributed by atoms with Crippen molar-refractivity contribution in [2.75, 3.05) is 26.4 Å². The predicted octanol–water partition coefficient (Wildman–Crippen LogP) is 1.52. The number of esters is 3. The van der Waals surface area contributed by atoms with Crippen molar-refractivity contribution >= 4 is 23.8 Å². The van der Waals surface area contributed by atoms with Crippen LogP contribution in [0.2, 0.25) is 0 Å². The lowest BCUT2D eigenvalue weighted by Gasteiger charge is -2.20. The molecule has 0 aliphatic carbocycles. The Labute approximate surface area is 154 Å². The summed E-state index contributed by atoms with van der Waals surface area (Å²) < 4.78 is 14.7. The molecule has 0 aromatic heterocycles. The van der Waals surface area contributed by atoms with E-state index in [0.29, 0.717) is 6.42 Å². The van der Waals surface area contributed by atoms with Gasteiger partial charge in [-0.15, -0.1) is 0 Å². The zero-order chi connectivity index (χ0) is 20.2. The first kappa shape index (κ1) is 23.6. The van der Waals surface area contributed by atoms with Crippen molar-refractivity contribution in [3.63, 3.8) is 0 Å². The molecule has 8 nitrogen and oxygen atoms in total. The zero-order valence-electron chi connectivity index (χ0n) is 16.0. The lowest BCUT2D eigenvalue weighted by atomic mass is 9.91. The minimum atomic E-state index is -0.569. The number of hydrogen-bond acceptors (Lipinski definition) is 7. The highest BCUT2D eigenvalue weighted by molar-refractivity contribution is 5.87. The van der Waals surface area contributed by atoms with Crippen LogP contribution in [0.4, 0.5) is 0 Å². The fourth-order valence-electron chi connectivity index (χ4n) is 1.46. The molecule has 0 saturated heterocycles. The van der Waals surface area contributed by atoms with E-state index in [1.165, 1.54) is 6.92 Å². The van der Waals surface area contributed by atoms with Crippen LogP contribution in [-0.4, -0.2) is 50.2 Å². The van der Waals surface area contributed by atoms with Gasteiger partial charge < -0.3 is 19.5 Å². The van der Waals surface area contributed by atoms with Gasteiger partial charge in [0.05, 0.1) is 18.4 Å². The molecule has 0 fully saturated rings. The molecular weight excluding hydrogens is 342 g/mol. The van der Waals surface area contributed by atoms with Gasteiger partial charge >= 0.3 is 17.9 Å². The number of amides is 1. The molecule has 0 aromatic carbocycles. The normalized spacial score (nSPS) is 10.6. The van der Waals surface area contributed by atoms with Gasteiger partial charge in [0.1, 0.15) is 19.8 Å². The molecule has 8 heteroatoms. The molecule has 0 unspecified atom stereocenters. The van der Waals surface area contributed by atoms with Crippen molar-refractivity contribution in [2.24, 2.45) is 5.41 Å². The summed E-state index contributed by atoms with van der Waals surface area (Å²) in [5.74, 6) is -1.78. The third-order valence-electron chi connectivity index (χ3n) is 3.58. The first-order valence-corrected chi connectivity index (χ1v) is 8.52. The number of carbonyl (C=O) groups is 4. The maximum Gasteiger partial charge on any atom is 0.333 e. The molecule has 148 valence electrons. The van der Waals surface area contributed by atoms with Crippen LogP contribution >= 0.6 is 0 Å². The molecule has 0 spiro atoms. The molecule has 0 rings (SSSR count). The van der Waals surface area contributed by atoms with Gasteiger partial charge in [0.25, 0.3) is 0 Å². The van der Waals surface area contributed by atoms with Gasteiger partial charge in [0.2, 0.25) is 5.91 Å². The summed E-state index contributed by atoms with van der Waals surface area (Å²) >= 11 is 0.